The quantitative estimate of drug-likeness (QED) is 0.796. The average Bonchev–Trinajstić information content (AvgIpc) is 2.13. The van der Waals surface area contributed by atoms with Crippen molar-refractivity contribution in [2.75, 3.05) is 23.7 Å². The molecule has 1 heterocycles. The molecule has 1 aliphatic heterocycles. The lowest BCUT2D eigenvalue weighted by atomic mass is 10.2. The van der Waals surface area contributed by atoms with E-state index in [1.54, 1.807) is 12.1 Å². The van der Waals surface area contributed by atoms with Crippen LogP contribution in [0.1, 0.15) is 13.8 Å². The SMILES string of the molecule is CC1CN(c2c(Cl)cc(N)cc2Cl)CC(C)S1. The minimum Gasteiger partial charge on any atom is -0.399 e. The van der Waals surface area contributed by atoms with Crippen molar-refractivity contribution in [3.8, 4) is 0 Å². The Morgan fingerprint density at radius 1 is 1.18 bits per heavy atom. The number of nitrogen functional groups attached to an aromatic ring is 1. The van der Waals surface area contributed by atoms with Gasteiger partial charge in [-0.05, 0) is 12.1 Å². The summed E-state index contributed by atoms with van der Waals surface area (Å²) in [5, 5.41) is 2.45. The second-order valence-corrected chi connectivity index (χ2v) is 7.19. The number of thioether (sulfide) groups is 1. The number of hydrogen-bond donors (Lipinski definition) is 1. The Morgan fingerprint density at radius 3 is 2.12 bits per heavy atom. The molecule has 1 fully saturated rings. The van der Waals surface area contributed by atoms with Gasteiger partial charge >= 0.3 is 0 Å². The molecule has 0 aromatic heterocycles. The Balaban J connectivity index is 2.33. The number of nitrogens with two attached hydrogens (primary N) is 1. The van der Waals surface area contributed by atoms with Crippen LogP contribution in [0.5, 0.6) is 0 Å². The maximum Gasteiger partial charge on any atom is 0.0747 e. The second kappa shape index (κ2) is 5.17. The van der Waals surface area contributed by atoms with Crippen molar-refractivity contribution >= 4 is 46.3 Å². The van der Waals surface area contributed by atoms with Crippen molar-refractivity contribution in [1.29, 1.82) is 0 Å². The summed E-state index contributed by atoms with van der Waals surface area (Å²) in [7, 11) is 0. The largest absolute Gasteiger partial charge is 0.399 e. The molecule has 0 amide bonds. The van der Waals surface area contributed by atoms with E-state index in [2.05, 4.69) is 18.7 Å². The molecule has 0 radical (unpaired) electrons. The smallest absolute Gasteiger partial charge is 0.0747 e. The van der Waals surface area contributed by atoms with E-state index in [0.717, 1.165) is 18.8 Å². The highest BCUT2D eigenvalue weighted by molar-refractivity contribution is 8.00. The van der Waals surface area contributed by atoms with Crippen LogP contribution in [0.2, 0.25) is 10.0 Å². The molecule has 2 unspecified atom stereocenters. The molecule has 0 bridgehead atoms. The summed E-state index contributed by atoms with van der Waals surface area (Å²) in [5.41, 5.74) is 7.25. The zero-order valence-corrected chi connectivity index (χ0v) is 12.2. The van der Waals surface area contributed by atoms with E-state index in [4.69, 9.17) is 28.9 Å². The summed E-state index contributed by atoms with van der Waals surface area (Å²) < 4.78 is 0. The maximum atomic E-state index is 6.25. The molecule has 0 spiro atoms. The van der Waals surface area contributed by atoms with Gasteiger partial charge in [-0.1, -0.05) is 37.0 Å². The van der Waals surface area contributed by atoms with Gasteiger partial charge in [0.2, 0.25) is 0 Å². The third-order valence-electron chi connectivity index (χ3n) is 2.78. The van der Waals surface area contributed by atoms with Gasteiger partial charge in [0.25, 0.3) is 0 Å². The minimum absolute atomic E-state index is 0.587. The average molecular weight is 291 g/mol. The van der Waals surface area contributed by atoms with Crippen LogP contribution in [0.3, 0.4) is 0 Å². The van der Waals surface area contributed by atoms with Crippen LogP contribution in [0.15, 0.2) is 12.1 Å². The number of anilines is 2. The molecule has 1 aromatic rings. The standard InChI is InChI=1S/C12H16Cl2N2S/c1-7-5-16(6-8(2)17-7)12-10(13)3-9(15)4-11(12)14/h3-4,7-8H,5-6,15H2,1-2H3. The van der Waals surface area contributed by atoms with E-state index in [0.29, 0.717) is 26.2 Å². The number of nitrogens with zero attached hydrogens (tertiary/aromatic N) is 1. The summed E-state index contributed by atoms with van der Waals surface area (Å²) in [6.45, 7) is 6.40. The van der Waals surface area contributed by atoms with Gasteiger partial charge in [-0.2, -0.15) is 11.8 Å². The number of benzene rings is 1. The van der Waals surface area contributed by atoms with Crippen LogP contribution in [0.25, 0.3) is 0 Å². The molecule has 2 rings (SSSR count). The molecule has 5 heteroatoms. The monoisotopic (exact) mass is 290 g/mol. The van der Waals surface area contributed by atoms with Gasteiger partial charge in [0.15, 0.2) is 0 Å². The lowest BCUT2D eigenvalue weighted by Crippen LogP contribution is -2.40. The van der Waals surface area contributed by atoms with E-state index in [1.165, 1.54) is 0 Å². The normalized spacial score (nSPS) is 25.1. The van der Waals surface area contributed by atoms with Gasteiger partial charge in [0.05, 0.1) is 15.7 Å². The molecule has 1 saturated heterocycles. The van der Waals surface area contributed by atoms with Crippen LogP contribution in [0.4, 0.5) is 11.4 Å². The van der Waals surface area contributed by atoms with Crippen LogP contribution < -0.4 is 10.6 Å². The number of hydrogen-bond acceptors (Lipinski definition) is 3. The van der Waals surface area contributed by atoms with Gasteiger partial charge in [-0.3, -0.25) is 0 Å². The Hall–Kier alpha value is -0.250. The molecular formula is C12H16Cl2N2S. The molecule has 0 saturated carbocycles. The van der Waals surface area contributed by atoms with Crippen molar-refractivity contribution in [2.24, 2.45) is 0 Å². The van der Waals surface area contributed by atoms with Crippen molar-refractivity contribution < 1.29 is 0 Å². The third kappa shape index (κ3) is 2.95. The fourth-order valence-corrected chi connectivity index (χ4v) is 4.32. The van der Waals surface area contributed by atoms with Gasteiger partial charge in [-0.15, -0.1) is 0 Å². The van der Waals surface area contributed by atoms with E-state index in [-0.39, 0.29) is 0 Å². The Kier molecular flexibility index (Phi) is 4.01. The van der Waals surface area contributed by atoms with E-state index in [9.17, 15) is 0 Å². The molecule has 1 aliphatic rings. The Labute approximate surface area is 116 Å². The predicted octanol–water partition coefficient (Wildman–Crippen LogP) is 3.91. The van der Waals surface area contributed by atoms with E-state index < -0.39 is 0 Å². The fraction of sp³-hybridized carbons (Fsp3) is 0.500. The summed E-state index contributed by atoms with van der Waals surface area (Å²) >= 11 is 14.5. The van der Waals surface area contributed by atoms with Crippen LogP contribution >= 0.6 is 35.0 Å². The second-order valence-electron chi connectivity index (χ2n) is 4.50. The van der Waals surface area contributed by atoms with E-state index >= 15 is 0 Å². The minimum atomic E-state index is 0.587. The molecular weight excluding hydrogens is 275 g/mol. The zero-order chi connectivity index (χ0) is 12.6. The lowest BCUT2D eigenvalue weighted by Gasteiger charge is -2.37. The van der Waals surface area contributed by atoms with Crippen molar-refractivity contribution in [2.45, 2.75) is 24.3 Å². The first-order chi connectivity index (χ1) is 7.97. The number of rotatable bonds is 1. The van der Waals surface area contributed by atoms with Gasteiger partial charge < -0.3 is 10.6 Å². The lowest BCUT2D eigenvalue weighted by molar-refractivity contribution is 0.728. The fourth-order valence-electron chi connectivity index (χ4n) is 2.25. The highest BCUT2D eigenvalue weighted by Crippen LogP contribution is 2.39. The molecule has 2 N–H and O–H groups in total. The highest BCUT2D eigenvalue weighted by atomic mass is 35.5. The first-order valence-electron chi connectivity index (χ1n) is 5.62. The summed E-state index contributed by atoms with van der Waals surface area (Å²) in [6, 6.07) is 3.53. The first kappa shape index (κ1) is 13.2. The van der Waals surface area contributed by atoms with Gasteiger partial charge in [-0.25, -0.2) is 0 Å². The third-order valence-corrected chi connectivity index (χ3v) is 4.58. The highest BCUT2D eigenvalue weighted by Gasteiger charge is 2.25. The Bertz CT molecular complexity index is 392. The maximum absolute atomic E-state index is 6.25. The molecule has 0 aliphatic carbocycles. The van der Waals surface area contributed by atoms with Crippen molar-refractivity contribution in [3.05, 3.63) is 22.2 Å². The number of halogens is 2. The molecule has 1 aromatic carbocycles. The van der Waals surface area contributed by atoms with Crippen LogP contribution in [-0.4, -0.2) is 23.6 Å². The summed E-state index contributed by atoms with van der Waals surface area (Å²) in [6.07, 6.45) is 0. The molecule has 94 valence electrons. The summed E-state index contributed by atoms with van der Waals surface area (Å²) in [5.74, 6) is 0. The zero-order valence-electron chi connectivity index (χ0n) is 9.91. The van der Waals surface area contributed by atoms with Crippen molar-refractivity contribution in [3.63, 3.8) is 0 Å². The molecule has 17 heavy (non-hydrogen) atoms. The molecule has 2 nitrogen and oxygen atoms in total. The van der Waals surface area contributed by atoms with Gasteiger partial charge in [0, 0.05) is 29.3 Å². The Morgan fingerprint density at radius 2 is 1.65 bits per heavy atom. The van der Waals surface area contributed by atoms with Crippen LogP contribution in [0, 0.1) is 0 Å². The van der Waals surface area contributed by atoms with Crippen LogP contribution in [-0.2, 0) is 0 Å². The topological polar surface area (TPSA) is 29.3 Å². The summed E-state index contributed by atoms with van der Waals surface area (Å²) in [4.78, 5) is 2.26. The van der Waals surface area contributed by atoms with Crippen molar-refractivity contribution in [1.82, 2.24) is 0 Å². The molecule has 2 atom stereocenters. The first-order valence-corrected chi connectivity index (χ1v) is 7.32. The van der Waals surface area contributed by atoms with Gasteiger partial charge in [0.1, 0.15) is 0 Å². The van der Waals surface area contributed by atoms with E-state index in [1.807, 2.05) is 11.8 Å². The predicted molar refractivity (Wildman–Crippen MR) is 79.6 cm³/mol.